The molecular weight excluding hydrogens is 558 g/mol. The number of rotatable bonds is 12. The first-order valence-corrected chi connectivity index (χ1v) is 16.4. The Hall–Kier alpha value is -4.17. The average molecular weight is 598 g/mol. The number of sulfonamides is 1. The molecule has 0 bridgehead atoms. The molecule has 8 heteroatoms. The zero-order valence-corrected chi connectivity index (χ0v) is 25.8. The van der Waals surface area contributed by atoms with Crippen LogP contribution >= 0.6 is 0 Å². The number of amides is 2. The smallest absolute Gasteiger partial charge is 0.265 e. The fraction of sp³-hybridized carbons (Fsp3) is 0.314. The van der Waals surface area contributed by atoms with Gasteiger partial charge in [0.05, 0.1) is 10.6 Å². The van der Waals surface area contributed by atoms with E-state index in [1.165, 1.54) is 4.31 Å². The van der Waals surface area contributed by atoms with E-state index >= 15 is 0 Å². The summed E-state index contributed by atoms with van der Waals surface area (Å²) in [6, 6.07) is 27.8. The Morgan fingerprint density at radius 3 is 2.33 bits per heavy atom. The molecule has 0 spiro atoms. The van der Waals surface area contributed by atoms with Crippen molar-refractivity contribution in [2.75, 3.05) is 10.8 Å². The molecule has 0 aromatic heterocycles. The topological polar surface area (TPSA) is 86.8 Å². The van der Waals surface area contributed by atoms with Gasteiger partial charge < -0.3 is 10.2 Å². The van der Waals surface area contributed by atoms with E-state index in [2.05, 4.69) is 5.32 Å². The zero-order valence-electron chi connectivity index (χ0n) is 25.0. The average Bonchev–Trinajstić information content (AvgIpc) is 3.22. The highest BCUT2D eigenvalue weighted by molar-refractivity contribution is 7.93. The van der Waals surface area contributed by atoms with E-state index in [-0.39, 0.29) is 37.4 Å². The predicted molar refractivity (Wildman–Crippen MR) is 171 cm³/mol. The van der Waals surface area contributed by atoms with Crippen molar-refractivity contribution >= 4 is 38.3 Å². The van der Waals surface area contributed by atoms with E-state index < -0.39 is 16.1 Å². The first-order valence-electron chi connectivity index (χ1n) is 14.9. The summed E-state index contributed by atoms with van der Waals surface area (Å²) in [5.74, 6) is -0.377. The normalized spacial score (nSPS) is 14.8. The Bertz CT molecular complexity index is 1720. The summed E-state index contributed by atoms with van der Waals surface area (Å²) in [6.07, 6.45) is 1.57. The van der Waals surface area contributed by atoms with E-state index in [0.29, 0.717) is 23.4 Å². The SMILES string of the molecule is CC[C@H](C)NC(=O)[C@@H](Cc1ccccc1)N(Cc1cccc(C)c1)C(=O)CCCN1c2cccc3cccc(c23)S1(=O)=O. The van der Waals surface area contributed by atoms with Gasteiger partial charge in [-0.05, 0) is 55.3 Å². The first-order chi connectivity index (χ1) is 20.7. The molecule has 4 aromatic carbocycles. The summed E-state index contributed by atoms with van der Waals surface area (Å²) >= 11 is 0. The van der Waals surface area contributed by atoms with Crippen LogP contribution < -0.4 is 9.62 Å². The lowest BCUT2D eigenvalue weighted by molar-refractivity contribution is -0.141. The molecular formula is C35H39N3O4S. The number of anilines is 1. The van der Waals surface area contributed by atoms with Crippen molar-refractivity contribution < 1.29 is 18.0 Å². The maximum Gasteiger partial charge on any atom is 0.265 e. The molecule has 0 radical (unpaired) electrons. The fourth-order valence-corrected chi connectivity index (χ4v) is 7.47. The van der Waals surface area contributed by atoms with Crippen LogP contribution in [-0.2, 0) is 32.6 Å². The van der Waals surface area contributed by atoms with Gasteiger partial charge >= 0.3 is 0 Å². The number of nitrogens with zero attached hydrogens (tertiary/aromatic N) is 2. The van der Waals surface area contributed by atoms with Gasteiger partial charge in [0.15, 0.2) is 0 Å². The number of aryl methyl sites for hydroxylation is 1. The standard InChI is InChI=1S/C35H39N3O4S/c1-4-26(3)36-35(40)31(23-27-13-6-5-7-14-27)37(24-28-15-8-12-25(2)22-28)33(39)20-11-21-38-30-18-9-16-29-17-10-19-32(34(29)30)43(38,41)42/h5-10,12-19,22,26,31H,4,11,20-21,23-24H2,1-3H3,(H,36,40)/t26-,31+/m0/s1. The highest BCUT2D eigenvalue weighted by atomic mass is 32.2. The van der Waals surface area contributed by atoms with E-state index in [9.17, 15) is 18.0 Å². The van der Waals surface area contributed by atoms with Gasteiger partial charge in [-0.2, -0.15) is 0 Å². The molecule has 1 aliphatic rings. The maximum atomic E-state index is 14.0. The van der Waals surface area contributed by atoms with Crippen LogP contribution in [0.3, 0.4) is 0 Å². The second kappa shape index (κ2) is 13.0. The minimum atomic E-state index is -3.71. The summed E-state index contributed by atoms with van der Waals surface area (Å²) < 4.78 is 28.3. The minimum absolute atomic E-state index is 0.0357. The Labute approximate surface area is 254 Å². The third-order valence-corrected chi connectivity index (χ3v) is 10.00. The number of nitrogens with one attached hydrogen (secondary N) is 1. The van der Waals surface area contributed by atoms with Crippen LogP contribution in [-0.4, -0.2) is 43.8 Å². The van der Waals surface area contributed by atoms with Crippen LogP contribution in [0.1, 0.15) is 49.8 Å². The van der Waals surface area contributed by atoms with Crippen molar-refractivity contribution in [1.82, 2.24) is 10.2 Å². The van der Waals surface area contributed by atoms with Crippen molar-refractivity contribution in [1.29, 1.82) is 0 Å². The molecule has 7 nitrogen and oxygen atoms in total. The summed E-state index contributed by atoms with van der Waals surface area (Å²) in [5.41, 5.74) is 3.61. The Morgan fingerprint density at radius 2 is 1.60 bits per heavy atom. The van der Waals surface area contributed by atoms with Crippen molar-refractivity contribution in [2.24, 2.45) is 0 Å². The van der Waals surface area contributed by atoms with Crippen LogP contribution in [0.2, 0.25) is 0 Å². The molecule has 0 saturated heterocycles. The molecule has 5 rings (SSSR count). The lowest BCUT2D eigenvalue weighted by Gasteiger charge is -2.32. The molecule has 2 amide bonds. The summed E-state index contributed by atoms with van der Waals surface area (Å²) in [5, 5.41) is 4.69. The summed E-state index contributed by atoms with van der Waals surface area (Å²) in [7, 11) is -3.71. The van der Waals surface area contributed by atoms with Crippen LogP contribution in [0.15, 0.2) is 95.9 Å². The molecule has 1 heterocycles. The van der Waals surface area contributed by atoms with E-state index in [1.807, 2.05) is 99.6 Å². The van der Waals surface area contributed by atoms with Crippen LogP contribution in [0.4, 0.5) is 5.69 Å². The van der Waals surface area contributed by atoms with Gasteiger partial charge in [-0.15, -0.1) is 0 Å². The zero-order chi connectivity index (χ0) is 30.6. The van der Waals surface area contributed by atoms with Crippen molar-refractivity contribution in [3.8, 4) is 0 Å². The molecule has 43 heavy (non-hydrogen) atoms. The number of carbonyl (C=O) groups is 2. The monoisotopic (exact) mass is 597 g/mol. The summed E-state index contributed by atoms with van der Waals surface area (Å²) in [6.45, 7) is 6.42. The van der Waals surface area contributed by atoms with Gasteiger partial charge in [0.25, 0.3) is 10.0 Å². The highest BCUT2D eigenvalue weighted by Gasteiger charge is 2.36. The van der Waals surface area contributed by atoms with Crippen LogP contribution in [0, 0.1) is 6.92 Å². The Balaban J connectivity index is 1.40. The van der Waals surface area contributed by atoms with E-state index in [0.717, 1.165) is 33.9 Å². The lowest BCUT2D eigenvalue weighted by atomic mass is 10.0. The van der Waals surface area contributed by atoms with E-state index in [4.69, 9.17) is 0 Å². The van der Waals surface area contributed by atoms with Gasteiger partial charge in [0.1, 0.15) is 6.04 Å². The Morgan fingerprint density at radius 1 is 0.907 bits per heavy atom. The highest BCUT2D eigenvalue weighted by Crippen LogP contribution is 2.42. The van der Waals surface area contributed by atoms with Gasteiger partial charge in [-0.3, -0.25) is 13.9 Å². The Kier molecular flexibility index (Phi) is 9.16. The van der Waals surface area contributed by atoms with Gasteiger partial charge in [0.2, 0.25) is 11.8 Å². The maximum absolute atomic E-state index is 14.0. The molecule has 0 aliphatic carbocycles. The third-order valence-electron chi connectivity index (χ3n) is 8.14. The second-order valence-electron chi connectivity index (χ2n) is 11.3. The fourth-order valence-electron chi connectivity index (χ4n) is 5.72. The van der Waals surface area contributed by atoms with Gasteiger partial charge in [0, 0.05) is 37.4 Å². The largest absolute Gasteiger partial charge is 0.352 e. The minimum Gasteiger partial charge on any atom is -0.352 e. The first kappa shape index (κ1) is 30.3. The number of hydrogen-bond acceptors (Lipinski definition) is 4. The summed E-state index contributed by atoms with van der Waals surface area (Å²) in [4.78, 5) is 29.8. The predicted octanol–water partition coefficient (Wildman–Crippen LogP) is 5.99. The molecule has 4 aromatic rings. The molecule has 0 unspecified atom stereocenters. The quantitative estimate of drug-likeness (QED) is 0.217. The molecule has 224 valence electrons. The van der Waals surface area contributed by atoms with Crippen molar-refractivity contribution in [3.63, 3.8) is 0 Å². The lowest BCUT2D eigenvalue weighted by Crippen LogP contribution is -2.52. The number of benzene rings is 4. The number of hydrogen-bond donors (Lipinski definition) is 1. The van der Waals surface area contributed by atoms with Gasteiger partial charge in [-0.1, -0.05) is 91.3 Å². The molecule has 0 fully saturated rings. The van der Waals surface area contributed by atoms with Crippen molar-refractivity contribution in [3.05, 3.63) is 108 Å². The third kappa shape index (κ3) is 6.59. The van der Waals surface area contributed by atoms with Gasteiger partial charge in [-0.25, -0.2) is 8.42 Å². The second-order valence-corrected chi connectivity index (χ2v) is 13.2. The van der Waals surface area contributed by atoms with E-state index in [1.54, 1.807) is 17.0 Å². The number of carbonyl (C=O) groups excluding carboxylic acids is 2. The van der Waals surface area contributed by atoms with Crippen LogP contribution in [0.5, 0.6) is 0 Å². The van der Waals surface area contributed by atoms with Crippen LogP contribution in [0.25, 0.3) is 10.8 Å². The molecule has 1 N–H and O–H groups in total. The molecule has 2 atom stereocenters. The molecule has 0 saturated carbocycles. The van der Waals surface area contributed by atoms with Crippen molar-refractivity contribution in [2.45, 2.75) is 70.0 Å². The molecule has 1 aliphatic heterocycles.